The number of nitrogens with zero attached hydrogens (tertiary/aromatic N) is 2. The Morgan fingerprint density at radius 3 is 2.53 bits per heavy atom. The van der Waals surface area contributed by atoms with E-state index in [4.69, 9.17) is 9.47 Å². The lowest BCUT2D eigenvalue weighted by Gasteiger charge is -2.16. The fourth-order valence-electron chi connectivity index (χ4n) is 3.55. The summed E-state index contributed by atoms with van der Waals surface area (Å²) in [4.78, 5) is 21.6. The van der Waals surface area contributed by atoms with Crippen molar-refractivity contribution >= 4 is 22.7 Å². The van der Waals surface area contributed by atoms with Crippen LogP contribution in [-0.4, -0.2) is 41.3 Å². The first kappa shape index (κ1) is 23.1. The Bertz CT molecular complexity index is 1280. The number of aliphatic hydroxyl groups is 1. The van der Waals surface area contributed by atoms with Gasteiger partial charge in [0.25, 0.3) is 0 Å². The number of aliphatic hydroxyl groups excluding tert-OH is 1. The second-order valence-electron chi connectivity index (χ2n) is 7.60. The maximum atomic E-state index is 13.3. The number of methoxy groups -OCH3 is 1. The second kappa shape index (κ2) is 10.7. The molecule has 0 amide bonds. The number of carbonyl (C=O) groups excluding carboxylic acids is 1. The highest BCUT2D eigenvalue weighted by Crippen LogP contribution is 2.34. The molecule has 2 heterocycles. The maximum absolute atomic E-state index is 13.3. The number of carbonyl (C=O) groups is 1. The second-order valence-corrected chi connectivity index (χ2v) is 7.60. The third-order valence-corrected chi connectivity index (χ3v) is 5.18. The number of halogens is 1. The number of aromatic nitrogens is 2. The van der Waals surface area contributed by atoms with Gasteiger partial charge in [-0.25, -0.2) is 14.2 Å². The average Bonchev–Trinajstić information content (AvgIpc) is 2.87. The monoisotopic (exact) mass is 461 g/mol. The molecule has 0 aliphatic rings. The third-order valence-electron chi connectivity index (χ3n) is 5.18. The van der Waals surface area contributed by atoms with Crippen molar-refractivity contribution in [1.82, 2.24) is 9.97 Å². The minimum absolute atomic E-state index is 0.00912. The van der Waals surface area contributed by atoms with Gasteiger partial charge in [-0.3, -0.25) is 4.98 Å². The van der Waals surface area contributed by atoms with Gasteiger partial charge >= 0.3 is 5.97 Å². The van der Waals surface area contributed by atoms with Gasteiger partial charge in [0.15, 0.2) is 11.4 Å². The molecule has 0 spiro atoms. The fourth-order valence-corrected chi connectivity index (χ4v) is 3.55. The lowest BCUT2D eigenvalue weighted by molar-refractivity contribution is 0.0589. The molecule has 2 N–H and O–H groups in total. The van der Waals surface area contributed by atoms with Crippen LogP contribution in [0.2, 0.25) is 0 Å². The standard InChI is InChI=1S/C26H24FN3O4/c1-33-26(32)23-24(34-16-18-5-3-2-4-6-18)22-21(25(30-23)28-11-12-31)14-19(15-29-22)13-17-7-9-20(27)10-8-17/h2-10,14-15,31H,11-13,16H2,1H3,(H,28,30). The average molecular weight is 461 g/mol. The number of nitrogens with one attached hydrogen (secondary N) is 1. The molecule has 34 heavy (non-hydrogen) atoms. The lowest BCUT2D eigenvalue weighted by Crippen LogP contribution is -2.14. The van der Waals surface area contributed by atoms with Gasteiger partial charge in [0.2, 0.25) is 0 Å². The van der Waals surface area contributed by atoms with Crippen molar-refractivity contribution in [3.8, 4) is 5.75 Å². The van der Waals surface area contributed by atoms with E-state index < -0.39 is 5.97 Å². The van der Waals surface area contributed by atoms with E-state index in [0.717, 1.165) is 16.7 Å². The number of benzene rings is 2. The first-order valence-corrected chi connectivity index (χ1v) is 10.8. The number of esters is 1. The van der Waals surface area contributed by atoms with Crippen LogP contribution in [0.3, 0.4) is 0 Å². The number of fused-ring (bicyclic) bond motifs is 1. The minimum Gasteiger partial charge on any atom is -0.484 e. The van der Waals surface area contributed by atoms with Crippen LogP contribution in [0.15, 0.2) is 66.9 Å². The van der Waals surface area contributed by atoms with E-state index in [1.165, 1.54) is 19.2 Å². The van der Waals surface area contributed by atoms with E-state index in [1.807, 2.05) is 36.4 Å². The molecule has 0 unspecified atom stereocenters. The number of anilines is 1. The number of hydrogen-bond donors (Lipinski definition) is 2. The van der Waals surface area contributed by atoms with Crippen LogP contribution in [0.4, 0.5) is 10.2 Å². The van der Waals surface area contributed by atoms with Crippen LogP contribution < -0.4 is 10.1 Å². The zero-order chi connectivity index (χ0) is 23.9. The SMILES string of the molecule is COC(=O)c1nc(NCCO)c2cc(Cc3ccc(F)cc3)cnc2c1OCc1ccccc1. The molecule has 2 aromatic carbocycles. The van der Waals surface area contributed by atoms with Crippen molar-refractivity contribution in [2.45, 2.75) is 13.0 Å². The fraction of sp³-hybridized carbons (Fsp3) is 0.192. The molecule has 0 atom stereocenters. The zero-order valence-corrected chi connectivity index (χ0v) is 18.6. The van der Waals surface area contributed by atoms with Gasteiger partial charge in [-0.2, -0.15) is 0 Å². The van der Waals surface area contributed by atoms with Gasteiger partial charge in [0.05, 0.1) is 13.7 Å². The molecule has 0 fully saturated rings. The number of ether oxygens (including phenoxy) is 2. The number of hydrogen-bond acceptors (Lipinski definition) is 7. The molecule has 4 rings (SSSR count). The molecule has 0 saturated heterocycles. The molecule has 7 nitrogen and oxygen atoms in total. The van der Waals surface area contributed by atoms with Gasteiger partial charge in [-0.15, -0.1) is 0 Å². The van der Waals surface area contributed by atoms with Crippen molar-refractivity contribution in [3.63, 3.8) is 0 Å². The number of pyridine rings is 2. The maximum Gasteiger partial charge on any atom is 0.360 e. The van der Waals surface area contributed by atoms with Crippen molar-refractivity contribution in [3.05, 3.63) is 95.1 Å². The minimum atomic E-state index is -0.658. The van der Waals surface area contributed by atoms with E-state index in [1.54, 1.807) is 18.3 Å². The highest BCUT2D eigenvalue weighted by molar-refractivity contribution is 6.02. The Balaban J connectivity index is 1.79. The molecule has 0 saturated carbocycles. The summed E-state index contributed by atoms with van der Waals surface area (Å²) in [6.45, 7) is 0.324. The Hall–Kier alpha value is -4.04. The van der Waals surface area contributed by atoms with Gasteiger partial charge in [-0.1, -0.05) is 42.5 Å². The van der Waals surface area contributed by atoms with Crippen molar-refractivity contribution in [2.75, 3.05) is 25.6 Å². The summed E-state index contributed by atoms with van der Waals surface area (Å²) in [5, 5.41) is 13.0. The van der Waals surface area contributed by atoms with Crippen molar-refractivity contribution in [1.29, 1.82) is 0 Å². The first-order chi connectivity index (χ1) is 16.6. The smallest absolute Gasteiger partial charge is 0.360 e. The van der Waals surface area contributed by atoms with Crippen LogP contribution in [0.1, 0.15) is 27.2 Å². The Kier molecular flexibility index (Phi) is 7.29. The van der Waals surface area contributed by atoms with Crippen LogP contribution >= 0.6 is 0 Å². The summed E-state index contributed by atoms with van der Waals surface area (Å²) in [5.74, 6) is -0.358. The molecular formula is C26H24FN3O4. The summed E-state index contributed by atoms with van der Waals surface area (Å²) in [6.07, 6.45) is 2.22. The third kappa shape index (κ3) is 5.29. The highest BCUT2D eigenvalue weighted by atomic mass is 19.1. The van der Waals surface area contributed by atoms with Crippen LogP contribution in [0, 0.1) is 5.82 Å². The topological polar surface area (TPSA) is 93.6 Å². The Morgan fingerprint density at radius 2 is 1.82 bits per heavy atom. The van der Waals surface area contributed by atoms with Gasteiger partial charge in [-0.05, 0) is 41.3 Å². The van der Waals surface area contributed by atoms with Crippen LogP contribution in [0.25, 0.3) is 10.9 Å². The highest BCUT2D eigenvalue weighted by Gasteiger charge is 2.23. The van der Waals surface area contributed by atoms with Crippen molar-refractivity contribution < 1.29 is 23.8 Å². The van der Waals surface area contributed by atoms with E-state index >= 15 is 0 Å². The molecule has 0 aliphatic carbocycles. The summed E-state index contributed by atoms with van der Waals surface area (Å²) < 4.78 is 24.3. The normalized spacial score (nSPS) is 10.8. The predicted molar refractivity (Wildman–Crippen MR) is 126 cm³/mol. The molecule has 8 heteroatoms. The Labute approximate surface area is 196 Å². The number of rotatable bonds is 9. The van der Waals surface area contributed by atoms with E-state index in [0.29, 0.717) is 23.1 Å². The molecule has 4 aromatic rings. The largest absolute Gasteiger partial charge is 0.484 e. The van der Waals surface area contributed by atoms with Crippen LogP contribution in [0.5, 0.6) is 5.75 Å². The predicted octanol–water partition coefficient (Wildman–Crippen LogP) is 4.13. The molecule has 2 aromatic heterocycles. The molecule has 0 aliphatic heterocycles. The molecule has 0 bridgehead atoms. The van der Waals surface area contributed by atoms with E-state index in [2.05, 4.69) is 15.3 Å². The quantitative estimate of drug-likeness (QED) is 0.362. The summed E-state index contributed by atoms with van der Waals surface area (Å²) >= 11 is 0. The van der Waals surface area contributed by atoms with E-state index in [-0.39, 0.29) is 37.0 Å². The van der Waals surface area contributed by atoms with Crippen LogP contribution in [-0.2, 0) is 17.8 Å². The van der Waals surface area contributed by atoms with E-state index in [9.17, 15) is 14.3 Å². The van der Waals surface area contributed by atoms with Crippen molar-refractivity contribution in [2.24, 2.45) is 0 Å². The zero-order valence-electron chi connectivity index (χ0n) is 18.6. The lowest BCUT2D eigenvalue weighted by atomic mass is 10.0. The molecule has 174 valence electrons. The molecule has 0 radical (unpaired) electrons. The summed E-state index contributed by atoms with van der Waals surface area (Å²) in [5.41, 5.74) is 3.14. The van der Waals surface area contributed by atoms with Gasteiger partial charge < -0.3 is 19.9 Å². The molecular weight excluding hydrogens is 437 g/mol. The summed E-state index contributed by atoms with van der Waals surface area (Å²) in [7, 11) is 1.27. The summed E-state index contributed by atoms with van der Waals surface area (Å²) in [6, 6.07) is 17.7. The van der Waals surface area contributed by atoms with Gasteiger partial charge in [0.1, 0.15) is 23.8 Å². The van der Waals surface area contributed by atoms with Gasteiger partial charge in [0, 0.05) is 18.1 Å². The Morgan fingerprint density at radius 1 is 1.06 bits per heavy atom. The first-order valence-electron chi connectivity index (χ1n) is 10.8.